The van der Waals surface area contributed by atoms with Crippen LogP contribution in [0.2, 0.25) is 0 Å². The highest BCUT2D eigenvalue weighted by Gasteiger charge is 2.50. The molecule has 26 heavy (non-hydrogen) atoms. The zero-order valence-electron chi connectivity index (χ0n) is 14.5. The Labute approximate surface area is 151 Å². The maximum Gasteiger partial charge on any atom is 0.412 e. The number of hydrogen-bond donors (Lipinski definition) is 2. The van der Waals surface area contributed by atoms with E-state index in [0.29, 0.717) is 18.0 Å². The number of carbonyl (C=O) groups is 2. The van der Waals surface area contributed by atoms with Gasteiger partial charge in [-0.1, -0.05) is 0 Å². The summed E-state index contributed by atoms with van der Waals surface area (Å²) in [6.45, 7) is 0.620. The quantitative estimate of drug-likeness (QED) is 0.820. The highest BCUT2D eigenvalue weighted by molar-refractivity contribution is 5.84. The van der Waals surface area contributed by atoms with Crippen LogP contribution in [0.15, 0.2) is 24.3 Å². The molecule has 3 fully saturated rings. The van der Waals surface area contributed by atoms with E-state index in [4.69, 9.17) is 18.9 Å². The molecule has 140 valence electrons. The van der Waals surface area contributed by atoms with Gasteiger partial charge in [-0.2, -0.15) is 0 Å². The number of amides is 2. The predicted octanol–water partition coefficient (Wildman–Crippen LogP) is 1.30. The van der Waals surface area contributed by atoms with E-state index in [-0.39, 0.29) is 36.7 Å². The molecular weight excluding hydrogens is 340 g/mol. The summed E-state index contributed by atoms with van der Waals surface area (Å²) in [6.07, 6.45) is 0.189. The number of rotatable bonds is 5. The third-order valence-electron chi connectivity index (χ3n) is 4.88. The van der Waals surface area contributed by atoms with Crippen molar-refractivity contribution in [3.63, 3.8) is 0 Å². The molecule has 0 bridgehead atoms. The first kappa shape index (κ1) is 17.1. The van der Waals surface area contributed by atoms with Crippen LogP contribution >= 0.6 is 0 Å². The number of benzene rings is 1. The fourth-order valence-electron chi connectivity index (χ4n) is 3.29. The lowest BCUT2D eigenvalue weighted by Crippen LogP contribution is -2.45. The number of ether oxygens (including phenoxy) is 4. The summed E-state index contributed by atoms with van der Waals surface area (Å²) < 4.78 is 22.0. The van der Waals surface area contributed by atoms with Gasteiger partial charge in [0.2, 0.25) is 5.91 Å². The van der Waals surface area contributed by atoms with Crippen LogP contribution in [0.4, 0.5) is 10.5 Å². The van der Waals surface area contributed by atoms with Crippen LogP contribution < -0.4 is 15.4 Å². The van der Waals surface area contributed by atoms with Crippen LogP contribution in [-0.4, -0.2) is 56.7 Å². The van der Waals surface area contributed by atoms with E-state index in [1.165, 1.54) is 0 Å². The molecule has 2 amide bonds. The smallest absolute Gasteiger partial charge is 0.412 e. The van der Waals surface area contributed by atoms with Crippen molar-refractivity contribution < 1.29 is 28.5 Å². The second-order valence-corrected chi connectivity index (χ2v) is 6.78. The largest absolute Gasteiger partial charge is 0.497 e. The normalized spacial score (nSPS) is 29.7. The molecule has 1 saturated carbocycles. The van der Waals surface area contributed by atoms with E-state index in [0.717, 1.165) is 12.8 Å². The lowest BCUT2D eigenvalue weighted by Gasteiger charge is -2.18. The molecule has 0 unspecified atom stereocenters. The summed E-state index contributed by atoms with van der Waals surface area (Å²) in [7, 11) is 1.58. The van der Waals surface area contributed by atoms with Crippen molar-refractivity contribution >= 4 is 17.7 Å². The third kappa shape index (κ3) is 3.61. The number of anilines is 1. The Balaban J connectivity index is 1.28. The molecular formula is C18H22N2O6. The standard InChI is InChI=1S/C18H22N2O6/c1-23-12-6-4-11(5-7-12)19-18(22)26-14-9-25-15-13(8-24-16(14)15)20-17(21)10-2-3-10/h4-7,10,13-16H,2-3,8-9H2,1H3,(H,19,22)(H,20,21)/t13-,14+,15+,16+/m0/s1. The first-order valence-corrected chi connectivity index (χ1v) is 8.79. The Hall–Kier alpha value is -2.32. The fraction of sp³-hybridized carbons (Fsp3) is 0.556. The summed E-state index contributed by atoms with van der Waals surface area (Å²) in [6, 6.07) is 6.76. The average molecular weight is 362 g/mol. The van der Waals surface area contributed by atoms with Gasteiger partial charge >= 0.3 is 6.09 Å². The Morgan fingerprint density at radius 1 is 1.08 bits per heavy atom. The zero-order chi connectivity index (χ0) is 18.1. The number of nitrogens with one attached hydrogen (secondary N) is 2. The van der Waals surface area contributed by atoms with Gasteiger partial charge in [-0.05, 0) is 37.1 Å². The van der Waals surface area contributed by atoms with Crippen molar-refractivity contribution in [3.05, 3.63) is 24.3 Å². The molecule has 0 aromatic heterocycles. The van der Waals surface area contributed by atoms with E-state index in [1.807, 2.05) is 0 Å². The van der Waals surface area contributed by atoms with E-state index in [2.05, 4.69) is 10.6 Å². The average Bonchev–Trinajstić information content (AvgIpc) is 3.32. The van der Waals surface area contributed by atoms with Crippen LogP contribution in [0.25, 0.3) is 0 Å². The zero-order valence-corrected chi connectivity index (χ0v) is 14.5. The molecule has 3 aliphatic rings. The molecule has 4 atom stereocenters. The van der Waals surface area contributed by atoms with Crippen molar-refractivity contribution in [2.75, 3.05) is 25.6 Å². The summed E-state index contributed by atoms with van der Waals surface area (Å²) in [5.74, 6) is 0.900. The van der Waals surface area contributed by atoms with Crippen LogP contribution in [-0.2, 0) is 19.0 Å². The van der Waals surface area contributed by atoms with Gasteiger partial charge in [-0.15, -0.1) is 0 Å². The van der Waals surface area contributed by atoms with Crippen LogP contribution in [0.5, 0.6) is 5.75 Å². The minimum Gasteiger partial charge on any atom is -0.497 e. The maximum atomic E-state index is 12.1. The van der Waals surface area contributed by atoms with Crippen LogP contribution in [0, 0.1) is 5.92 Å². The number of methoxy groups -OCH3 is 1. The molecule has 0 spiro atoms. The van der Waals surface area contributed by atoms with Gasteiger partial charge in [0, 0.05) is 11.6 Å². The van der Waals surface area contributed by atoms with Gasteiger partial charge in [-0.3, -0.25) is 10.1 Å². The highest BCUT2D eigenvalue weighted by Crippen LogP contribution is 2.32. The molecule has 2 N–H and O–H groups in total. The van der Waals surface area contributed by atoms with Gasteiger partial charge in [0.25, 0.3) is 0 Å². The van der Waals surface area contributed by atoms with Crippen LogP contribution in [0.3, 0.4) is 0 Å². The first-order chi connectivity index (χ1) is 12.6. The van der Waals surface area contributed by atoms with Crippen molar-refractivity contribution in [3.8, 4) is 5.75 Å². The summed E-state index contributed by atoms with van der Waals surface area (Å²) >= 11 is 0. The van der Waals surface area contributed by atoms with E-state index in [9.17, 15) is 9.59 Å². The second-order valence-electron chi connectivity index (χ2n) is 6.78. The van der Waals surface area contributed by atoms with Crippen molar-refractivity contribution in [2.45, 2.75) is 37.2 Å². The summed E-state index contributed by atoms with van der Waals surface area (Å²) in [4.78, 5) is 24.1. The van der Waals surface area contributed by atoms with Gasteiger partial charge in [-0.25, -0.2) is 4.79 Å². The Morgan fingerprint density at radius 2 is 1.81 bits per heavy atom. The Bertz CT molecular complexity index is 675. The van der Waals surface area contributed by atoms with Crippen molar-refractivity contribution in [1.29, 1.82) is 0 Å². The molecule has 0 radical (unpaired) electrons. The van der Waals surface area contributed by atoms with Crippen molar-refractivity contribution in [2.24, 2.45) is 5.92 Å². The highest BCUT2D eigenvalue weighted by atomic mass is 16.6. The molecule has 4 rings (SSSR count). The molecule has 2 heterocycles. The molecule has 2 saturated heterocycles. The molecule has 2 aliphatic heterocycles. The molecule has 1 aromatic rings. The van der Waals surface area contributed by atoms with Crippen molar-refractivity contribution in [1.82, 2.24) is 5.32 Å². The molecule has 1 aromatic carbocycles. The van der Waals surface area contributed by atoms with Gasteiger partial charge in [0.15, 0.2) is 6.10 Å². The number of carbonyl (C=O) groups excluding carboxylic acids is 2. The summed E-state index contributed by atoms with van der Waals surface area (Å²) in [5.41, 5.74) is 0.605. The molecule has 1 aliphatic carbocycles. The fourth-order valence-corrected chi connectivity index (χ4v) is 3.29. The van der Waals surface area contributed by atoms with E-state index in [1.54, 1.807) is 31.4 Å². The van der Waals surface area contributed by atoms with E-state index < -0.39 is 12.2 Å². The first-order valence-electron chi connectivity index (χ1n) is 8.79. The Kier molecular flexibility index (Phi) is 4.69. The topological polar surface area (TPSA) is 95.1 Å². The van der Waals surface area contributed by atoms with Gasteiger partial charge < -0.3 is 24.3 Å². The van der Waals surface area contributed by atoms with Gasteiger partial charge in [0.1, 0.15) is 18.0 Å². The minimum absolute atomic E-state index is 0.0597. The number of fused-ring (bicyclic) bond motifs is 1. The summed E-state index contributed by atoms with van der Waals surface area (Å²) in [5, 5.41) is 5.65. The van der Waals surface area contributed by atoms with E-state index >= 15 is 0 Å². The van der Waals surface area contributed by atoms with Gasteiger partial charge in [0.05, 0.1) is 26.4 Å². The lowest BCUT2D eigenvalue weighted by molar-refractivity contribution is -0.123. The number of hydrogen-bond acceptors (Lipinski definition) is 6. The molecule has 8 heteroatoms. The molecule has 8 nitrogen and oxygen atoms in total. The third-order valence-corrected chi connectivity index (χ3v) is 4.88. The monoisotopic (exact) mass is 362 g/mol. The lowest BCUT2D eigenvalue weighted by atomic mass is 10.1. The second kappa shape index (κ2) is 7.13. The SMILES string of the molecule is COc1ccc(NC(=O)O[C@@H]2CO[C@H]3[C@@H]2OC[C@@H]3NC(=O)C2CC2)cc1. The van der Waals surface area contributed by atoms with Crippen LogP contribution in [0.1, 0.15) is 12.8 Å². The maximum absolute atomic E-state index is 12.1. The minimum atomic E-state index is -0.571. The predicted molar refractivity (Wildman–Crippen MR) is 91.0 cm³/mol. The Morgan fingerprint density at radius 3 is 2.50 bits per heavy atom.